The van der Waals surface area contributed by atoms with Gasteiger partial charge in [-0.1, -0.05) is 31.2 Å². The third kappa shape index (κ3) is 5.64. The number of methoxy groups -OCH3 is 1. The Morgan fingerprint density at radius 1 is 1.10 bits per heavy atom. The van der Waals surface area contributed by atoms with E-state index in [4.69, 9.17) is 4.74 Å². The summed E-state index contributed by atoms with van der Waals surface area (Å²) in [5.41, 5.74) is 0.659. The van der Waals surface area contributed by atoms with E-state index in [1.807, 2.05) is 41.3 Å². The number of benzene rings is 2. The van der Waals surface area contributed by atoms with E-state index in [2.05, 4.69) is 17.6 Å². The van der Waals surface area contributed by atoms with E-state index in [1.165, 1.54) is 0 Å². The van der Waals surface area contributed by atoms with Gasteiger partial charge in [0.05, 0.1) is 13.0 Å². The Bertz CT molecular complexity index is 859. The molecular weight excluding hydrogens is 402 g/mol. The first-order chi connectivity index (χ1) is 14.2. The molecule has 1 heterocycles. The van der Waals surface area contributed by atoms with Crippen LogP contribution in [0, 0.1) is 5.92 Å². The summed E-state index contributed by atoms with van der Waals surface area (Å²) in [7, 11) is 1.63. The van der Waals surface area contributed by atoms with Gasteiger partial charge < -0.3 is 20.3 Å². The van der Waals surface area contributed by atoms with Gasteiger partial charge in [-0.15, -0.1) is 12.4 Å². The maximum atomic E-state index is 13.3. The normalized spacial score (nSPS) is 16.1. The second-order valence-electron chi connectivity index (χ2n) is 7.49. The number of hydrogen-bond acceptors (Lipinski definition) is 4. The number of rotatable bonds is 8. The Balaban J connectivity index is 0.00000320. The van der Waals surface area contributed by atoms with Gasteiger partial charge >= 0.3 is 0 Å². The molecule has 2 aromatic carbocycles. The van der Waals surface area contributed by atoms with Crippen molar-refractivity contribution in [2.75, 3.05) is 39.8 Å². The largest absolute Gasteiger partial charge is 0.496 e. The molecule has 7 heteroatoms. The molecule has 3 rings (SSSR count). The van der Waals surface area contributed by atoms with Gasteiger partial charge in [-0.05, 0) is 43.3 Å². The van der Waals surface area contributed by atoms with E-state index in [1.54, 1.807) is 7.11 Å². The molecule has 1 unspecified atom stereocenters. The minimum Gasteiger partial charge on any atom is -0.496 e. The monoisotopic (exact) mass is 433 g/mol. The van der Waals surface area contributed by atoms with Crippen LogP contribution in [-0.4, -0.2) is 56.5 Å². The van der Waals surface area contributed by atoms with E-state index in [9.17, 15) is 9.59 Å². The zero-order valence-corrected chi connectivity index (χ0v) is 18.6. The average Bonchev–Trinajstić information content (AvgIpc) is 2.77. The molecular formula is C23H32ClN3O3. The van der Waals surface area contributed by atoms with Crippen LogP contribution in [0.3, 0.4) is 0 Å². The Morgan fingerprint density at radius 3 is 2.60 bits per heavy atom. The highest BCUT2D eigenvalue weighted by atomic mass is 35.5. The molecule has 1 aliphatic rings. The van der Waals surface area contributed by atoms with Crippen molar-refractivity contribution >= 4 is 35.0 Å². The number of hydrogen-bond donors (Lipinski definition) is 2. The van der Waals surface area contributed by atoms with Gasteiger partial charge in [-0.3, -0.25) is 9.59 Å². The highest BCUT2D eigenvalue weighted by Crippen LogP contribution is 2.30. The predicted molar refractivity (Wildman–Crippen MR) is 123 cm³/mol. The summed E-state index contributed by atoms with van der Waals surface area (Å²) in [6.07, 6.45) is 2.74. The minimum atomic E-state index is -0.150. The van der Waals surface area contributed by atoms with Gasteiger partial charge in [0.2, 0.25) is 5.91 Å². The summed E-state index contributed by atoms with van der Waals surface area (Å²) >= 11 is 0. The fourth-order valence-corrected chi connectivity index (χ4v) is 3.90. The van der Waals surface area contributed by atoms with E-state index >= 15 is 0 Å². The number of piperidine rings is 1. The quantitative estimate of drug-likeness (QED) is 0.627. The van der Waals surface area contributed by atoms with E-state index in [0.717, 1.165) is 48.9 Å². The minimum absolute atomic E-state index is 0. The standard InChI is InChI=1S/C23H31N3O3.ClH/c1-3-12-24-13-14-25-22(27)17-7-6-15-26(16-17)23(28)20-10-11-21(29-2)19-9-5-4-8-18(19)20;/h4-5,8-11,17,24H,3,6-7,12-16H2,1-2H3,(H,25,27);1H. The summed E-state index contributed by atoms with van der Waals surface area (Å²) in [5, 5.41) is 8.08. The van der Waals surface area contributed by atoms with Crippen molar-refractivity contribution in [3.63, 3.8) is 0 Å². The fraction of sp³-hybridized carbons (Fsp3) is 0.478. The van der Waals surface area contributed by atoms with Crippen LogP contribution in [0.2, 0.25) is 0 Å². The summed E-state index contributed by atoms with van der Waals surface area (Å²) in [6.45, 7) is 5.61. The van der Waals surface area contributed by atoms with Crippen LogP contribution in [0.5, 0.6) is 5.75 Å². The third-order valence-electron chi connectivity index (χ3n) is 5.44. The van der Waals surface area contributed by atoms with Crippen LogP contribution >= 0.6 is 12.4 Å². The molecule has 0 saturated carbocycles. The smallest absolute Gasteiger partial charge is 0.254 e. The van der Waals surface area contributed by atoms with Crippen LogP contribution < -0.4 is 15.4 Å². The molecule has 2 N–H and O–H groups in total. The summed E-state index contributed by atoms with van der Waals surface area (Å²) in [5.74, 6) is 0.625. The van der Waals surface area contributed by atoms with Gasteiger partial charge in [0.25, 0.3) is 5.91 Å². The Kier molecular flexibility index (Phi) is 9.40. The molecule has 0 aliphatic carbocycles. The number of amides is 2. The Hall–Kier alpha value is -2.31. The Labute approximate surface area is 184 Å². The van der Waals surface area contributed by atoms with Gasteiger partial charge in [-0.25, -0.2) is 0 Å². The number of carbonyl (C=O) groups is 2. The van der Waals surface area contributed by atoms with E-state index < -0.39 is 0 Å². The van der Waals surface area contributed by atoms with Crippen LogP contribution in [0.4, 0.5) is 0 Å². The molecule has 2 amide bonds. The van der Waals surface area contributed by atoms with Crippen molar-refractivity contribution in [2.24, 2.45) is 5.92 Å². The van der Waals surface area contributed by atoms with Crippen molar-refractivity contribution < 1.29 is 14.3 Å². The van der Waals surface area contributed by atoms with E-state index in [0.29, 0.717) is 25.2 Å². The molecule has 30 heavy (non-hydrogen) atoms. The second kappa shape index (κ2) is 11.8. The van der Waals surface area contributed by atoms with Gasteiger partial charge in [0.15, 0.2) is 0 Å². The number of carbonyl (C=O) groups excluding carboxylic acids is 2. The van der Waals surface area contributed by atoms with Crippen molar-refractivity contribution in [1.29, 1.82) is 0 Å². The molecule has 1 aliphatic heterocycles. The Morgan fingerprint density at radius 2 is 1.87 bits per heavy atom. The second-order valence-corrected chi connectivity index (χ2v) is 7.49. The maximum Gasteiger partial charge on any atom is 0.254 e. The van der Waals surface area contributed by atoms with Crippen LogP contribution in [0.1, 0.15) is 36.5 Å². The number of fused-ring (bicyclic) bond motifs is 1. The molecule has 0 radical (unpaired) electrons. The summed E-state index contributed by atoms with van der Waals surface area (Å²) in [6, 6.07) is 11.4. The zero-order valence-electron chi connectivity index (χ0n) is 17.8. The molecule has 1 saturated heterocycles. The number of ether oxygens (including phenoxy) is 1. The molecule has 0 spiro atoms. The van der Waals surface area contributed by atoms with Crippen molar-refractivity contribution in [1.82, 2.24) is 15.5 Å². The molecule has 2 aromatic rings. The SMILES string of the molecule is CCCNCCNC(=O)C1CCCN(C(=O)c2ccc(OC)c3ccccc23)C1.Cl. The predicted octanol–water partition coefficient (Wildman–Crippen LogP) is 3.24. The van der Waals surface area contributed by atoms with Crippen molar-refractivity contribution in [3.8, 4) is 5.75 Å². The summed E-state index contributed by atoms with van der Waals surface area (Å²) in [4.78, 5) is 27.6. The van der Waals surface area contributed by atoms with Gasteiger partial charge in [0, 0.05) is 37.1 Å². The molecule has 0 bridgehead atoms. The van der Waals surface area contributed by atoms with Crippen LogP contribution in [0.15, 0.2) is 36.4 Å². The molecule has 0 aromatic heterocycles. The third-order valence-corrected chi connectivity index (χ3v) is 5.44. The fourth-order valence-electron chi connectivity index (χ4n) is 3.90. The lowest BCUT2D eigenvalue weighted by atomic mass is 9.95. The highest BCUT2D eigenvalue weighted by Gasteiger charge is 2.29. The lowest BCUT2D eigenvalue weighted by Crippen LogP contribution is -2.46. The first-order valence-corrected chi connectivity index (χ1v) is 10.5. The zero-order chi connectivity index (χ0) is 20.6. The molecule has 1 fully saturated rings. The lowest BCUT2D eigenvalue weighted by Gasteiger charge is -2.32. The van der Waals surface area contributed by atoms with E-state index in [-0.39, 0.29) is 30.1 Å². The summed E-state index contributed by atoms with van der Waals surface area (Å²) < 4.78 is 5.44. The highest BCUT2D eigenvalue weighted by molar-refractivity contribution is 6.08. The first kappa shape index (κ1) is 24.0. The number of nitrogens with zero attached hydrogens (tertiary/aromatic N) is 1. The molecule has 1 atom stereocenters. The molecule has 164 valence electrons. The van der Waals surface area contributed by atoms with Crippen LogP contribution in [0.25, 0.3) is 10.8 Å². The van der Waals surface area contributed by atoms with Crippen molar-refractivity contribution in [2.45, 2.75) is 26.2 Å². The average molecular weight is 434 g/mol. The topological polar surface area (TPSA) is 70.7 Å². The number of likely N-dealkylation sites (tertiary alicyclic amines) is 1. The lowest BCUT2D eigenvalue weighted by molar-refractivity contribution is -0.126. The van der Waals surface area contributed by atoms with Crippen LogP contribution in [-0.2, 0) is 4.79 Å². The maximum absolute atomic E-state index is 13.3. The number of halogens is 1. The first-order valence-electron chi connectivity index (χ1n) is 10.5. The number of nitrogens with one attached hydrogen (secondary N) is 2. The van der Waals surface area contributed by atoms with Crippen molar-refractivity contribution in [3.05, 3.63) is 42.0 Å². The van der Waals surface area contributed by atoms with Gasteiger partial charge in [-0.2, -0.15) is 0 Å². The van der Waals surface area contributed by atoms with Gasteiger partial charge in [0.1, 0.15) is 5.75 Å². The molecule has 6 nitrogen and oxygen atoms in total.